The van der Waals surface area contributed by atoms with Gasteiger partial charge in [0.1, 0.15) is 0 Å². The van der Waals surface area contributed by atoms with Crippen LogP contribution in [0.4, 0.5) is 4.39 Å². The van der Waals surface area contributed by atoms with E-state index < -0.39 is 32.8 Å². The van der Waals surface area contributed by atoms with Crippen LogP contribution in [0.5, 0.6) is 0 Å². The number of unbranched alkanes of at least 4 members (excludes halogenated alkanes) is 7. The van der Waals surface area contributed by atoms with Gasteiger partial charge in [0.2, 0.25) is 7.37 Å². The lowest BCUT2D eigenvalue weighted by molar-refractivity contribution is 0.129. The molecular weight excluding hydrogens is 401 g/mol. The first-order chi connectivity index (χ1) is 13.1. The summed E-state index contributed by atoms with van der Waals surface area (Å²) in [6.45, 7) is 12.0. The van der Waals surface area contributed by atoms with E-state index in [2.05, 4.69) is 6.58 Å². The summed E-state index contributed by atoms with van der Waals surface area (Å²) in [5.74, 6) is 0. The summed E-state index contributed by atoms with van der Waals surface area (Å²) in [7, 11) is -8.02. The summed E-state index contributed by atoms with van der Waals surface area (Å²) >= 11 is 0. The van der Waals surface area contributed by atoms with Crippen molar-refractivity contribution >= 4 is 15.0 Å². The minimum absolute atomic E-state index is 0.0470. The van der Waals surface area contributed by atoms with Gasteiger partial charge in [0.15, 0.2) is 0 Å². The molecule has 0 heterocycles. The number of hydrogen-bond acceptors (Lipinski definition) is 5. The van der Waals surface area contributed by atoms with Gasteiger partial charge in [-0.1, -0.05) is 38.2 Å². The van der Waals surface area contributed by atoms with Crippen molar-refractivity contribution in [2.75, 3.05) is 12.8 Å². The Hall–Kier alpha value is 0.01000. The summed E-state index contributed by atoms with van der Waals surface area (Å²) in [4.78, 5) is 0. The van der Waals surface area contributed by atoms with Crippen LogP contribution in [0.15, 0.2) is 12.7 Å². The molecule has 0 saturated carbocycles. The second-order valence-corrected chi connectivity index (χ2v) is 12.6. The molecule has 0 radical (unpaired) electrons. The average Bonchev–Trinajstić information content (AvgIpc) is 2.58. The van der Waals surface area contributed by atoms with Gasteiger partial charge in [-0.25, -0.2) is 4.39 Å². The molecule has 0 amide bonds. The molecule has 0 N–H and O–H groups in total. The third-order valence-electron chi connectivity index (χ3n) is 4.03. The number of hydrogen-bond donors (Lipinski definition) is 0. The van der Waals surface area contributed by atoms with E-state index in [1.54, 1.807) is 34.6 Å². The largest absolute Gasteiger partial charge is 0.375 e. The van der Waals surface area contributed by atoms with Crippen molar-refractivity contribution in [3.8, 4) is 0 Å². The van der Waals surface area contributed by atoms with E-state index in [9.17, 15) is 9.13 Å². The first-order valence-electron chi connectivity index (χ1n) is 10.6. The highest BCUT2D eigenvalue weighted by molar-refractivity contribution is 7.74. The molecule has 0 rings (SSSR count). The van der Waals surface area contributed by atoms with Crippen LogP contribution in [0, 0.1) is 0 Å². The minimum Gasteiger partial charge on any atom is -0.326 e. The van der Waals surface area contributed by atoms with Gasteiger partial charge in [0.05, 0.1) is 18.8 Å². The number of alkyl halides is 1. The molecular formula is C20H41FO5P2. The number of rotatable bonds is 18. The minimum atomic E-state index is -4.21. The fraction of sp³-hybridized carbons (Fsp3) is 0.900. The molecule has 0 aliphatic carbocycles. The van der Waals surface area contributed by atoms with E-state index in [1.807, 2.05) is 6.08 Å². The van der Waals surface area contributed by atoms with Gasteiger partial charge in [-0.15, -0.1) is 6.58 Å². The molecule has 0 aromatic heterocycles. The van der Waals surface area contributed by atoms with Crippen molar-refractivity contribution in [3.05, 3.63) is 12.7 Å². The monoisotopic (exact) mass is 442 g/mol. The van der Waals surface area contributed by atoms with E-state index in [4.69, 9.17) is 13.6 Å². The van der Waals surface area contributed by atoms with Gasteiger partial charge in [0, 0.05) is 6.16 Å². The second-order valence-electron chi connectivity index (χ2n) is 7.58. The van der Waals surface area contributed by atoms with Crippen molar-refractivity contribution < 1.29 is 27.1 Å². The normalized spacial score (nSPS) is 15.7. The van der Waals surface area contributed by atoms with Gasteiger partial charge >= 0.3 is 7.60 Å². The van der Waals surface area contributed by atoms with Gasteiger partial charge < -0.3 is 13.6 Å². The van der Waals surface area contributed by atoms with Gasteiger partial charge in [-0.3, -0.25) is 9.13 Å². The Labute approximate surface area is 171 Å². The fourth-order valence-corrected chi connectivity index (χ4v) is 8.47. The van der Waals surface area contributed by atoms with Crippen LogP contribution < -0.4 is 0 Å². The van der Waals surface area contributed by atoms with E-state index in [0.717, 1.165) is 38.5 Å². The van der Waals surface area contributed by atoms with Crippen LogP contribution in [-0.2, 0) is 22.7 Å². The summed E-state index contributed by atoms with van der Waals surface area (Å²) in [5, 5.41) is 0. The van der Waals surface area contributed by atoms with Gasteiger partial charge in [0.25, 0.3) is 5.65 Å². The highest BCUT2D eigenvalue weighted by atomic mass is 31.2. The molecule has 0 aliphatic heterocycles. The van der Waals surface area contributed by atoms with Crippen molar-refractivity contribution in [1.82, 2.24) is 0 Å². The van der Waals surface area contributed by atoms with Crippen molar-refractivity contribution in [2.24, 2.45) is 0 Å². The van der Waals surface area contributed by atoms with E-state index >= 15 is 4.39 Å². The summed E-state index contributed by atoms with van der Waals surface area (Å²) in [6.07, 6.45) is 8.99. The number of allylic oxidation sites excluding steroid dienone is 1. The maximum absolute atomic E-state index is 15.2. The van der Waals surface area contributed by atoms with Gasteiger partial charge in [-0.2, -0.15) is 0 Å². The Morgan fingerprint density at radius 2 is 1.36 bits per heavy atom. The molecule has 0 bridgehead atoms. The molecule has 28 heavy (non-hydrogen) atoms. The van der Waals surface area contributed by atoms with Crippen LogP contribution >= 0.6 is 15.0 Å². The maximum atomic E-state index is 15.2. The Bertz CT molecular complexity index is 497. The van der Waals surface area contributed by atoms with Crippen molar-refractivity contribution in [2.45, 2.75) is 104 Å². The van der Waals surface area contributed by atoms with E-state index in [1.165, 1.54) is 6.42 Å². The Morgan fingerprint density at radius 3 is 1.79 bits per heavy atom. The summed E-state index contributed by atoms with van der Waals surface area (Å²) < 4.78 is 57.4. The maximum Gasteiger partial charge on any atom is 0.375 e. The van der Waals surface area contributed by atoms with Crippen molar-refractivity contribution in [3.63, 3.8) is 0 Å². The summed E-state index contributed by atoms with van der Waals surface area (Å²) in [6, 6.07) is 0. The molecule has 2 unspecified atom stereocenters. The molecule has 168 valence electrons. The molecule has 0 aromatic carbocycles. The fourth-order valence-electron chi connectivity index (χ4n) is 2.88. The highest BCUT2D eigenvalue weighted by Crippen LogP contribution is 2.71. The lowest BCUT2D eigenvalue weighted by Crippen LogP contribution is -2.18. The quantitative estimate of drug-likeness (QED) is 0.123. The van der Waals surface area contributed by atoms with Crippen LogP contribution in [0.25, 0.3) is 0 Å². The van der Waals surface area contributed by atoms with Crippen LogP contribution in [-0.4, -0.2) is 30.6 Å². The van der Waals surface area contributed by atoms with Crippen LogP contribution in [0.2, 0.25) is 0 Å². The first-order valence-corrected chi connectivity index (χ1v) is 14.0. The Kier molecular flexibility index (Phi) is 14.9. The smallest absolute Gasteiger partial charge is 0.326 e. The third kappa shape index (κ3) is 11.3. The zero-order chi connectivity index (χ0) is 21.6. The molecule has 8 heteroatoms. The highest BCUT2D eigenvalue weighted by Gasteiger charge is 2.51. The molecule has 0 spiro atoms. The Balaban J connectivity index is 4.77. The Morgan fingerprint density at radius 1 is 0.893 bits per heavy atom. The third-order valence-corrected chi connectivity index (χ3v) is 10.2. The predicted octanol–water partition coefficient (Wildman–Crippen LogP) is 7.90. The standard InChI is InChI=1S/C20H41FO5P2/c1-7-9-10-11-12-13-14-15-16-17-27(22,24-8-2)20(21)28(23,25-18(3)4)26-19(5)6/h7,18-20H,1,8-17H2,2-6H3. The van der Waals surface area contributed by atoms with Crippen LogP contribution in [0.3, 0.4) is 0 Å². The first kappa shape index (κ1) is 28.0. The molecule has 0 fully saturated rings. The second kappa shape index (κ2) is 14.9. The van der Waals surface area contributed by atoms with E-state index in [0.29, 0.717) is 6.42 Å². The lowest BCUT2D eigenvalue weighted by atomic mass is 10.1. The van der Waals surface area contributed by atoms with Gasteiger partial charge in [-0.05, 0) is 53.9 Å². The summed E-state index contributed by atoms with van der Waals surface area (Å²) in [5.41, 5.74) is -2.26. The van der Waals surface area contributed by atoms with E-state index in [-0.39, 0.29) is 12.8 Å². The molecule has 0 aromatic rings. The van der Waals surface area contributed by atoms with Crippen LogP contribution in [0.1, 0.15) is 86.0 Å². The molecule has 0 aliphatic rings. The topological polar surface area (TPSA) is 61.8 Å². The SMILES string of the molecule is C=CCCCCCCCCCP(=O)(OCC)C(F)P(=O)(OC(C)C)OC(C)C. The zero-order valence-electron chi connectivity index (χ0n) is 18.4. The zero-order valence-corrected chi connectivity index (χ0v) is 20.2. The lowest BCUT2D eigenvalue weighted by Gasteiger charge is -2.29. The number of halogens is 1. The molecule has 5 nitrogen and oxygen atoms in total. The molecule has 0 saturated heterocycles. The predicted molar refractivity (Wildman–Crippen MR) is 116 cm³/mol. The average molecular weight is 442 g/mol. The van der Waals surface area contributed by atoms with Crippen molar-refractivity contribution in [1.29, 1.82) is 0 Å². The molecule has 2 atom stereocenters.